The maximum atomic E-state index is 5.95. The highest BCUT2D eigenvalue weighted by Gasteiger charge is 2.19. The summed E-state index contributed by atoms with van der Waals surface area (Å²) in [4.78, 5) is 16.0. The van der Waals surface area contributed by atoms with Crippen molar-refractivity contribution in [1.82, 2.24) is 19.9 Å². The molecule has 0 radical (unpaired) electrons. The van der Waals surface area contributed by atoms with Gasteiger partial charge in [0.05, 0.1) is 5.69 Å². The van der Waals surface area contributed by atoms with Gasteiger partial charge in [0.15, 0.2) is 5.82 Å². The van der Waals surface area contributed by atoms with Crippen molar-refractivity contribution in [3.8, 4) is 11.4 Å². The van der Waals surface area contributed by atoms with Gasteiger partial charge in [0, 0.05) is 54.6 Å². The molecule has 126 valence electrons. The van der Waals surface area contributed by atoms with Gasteiger partial charge in [-0.15, -0.1) is 0 Å². The first-order valence-electron chi connectivity index (χ1n) is 8.11. The zero-order valence-corrected chi connectivity index (χ0v) is 15.8. The van der Waals surface area contributed by atoms with E-state index in [2.05, 4.69) is 36.9 Å². The number of hydrogen-bond donors (Lipinski definition) is 0. The molecule has 0 fully saturated rings. The van der Waals surface area contributed by atoms with Gasteiger partial charge in [-0.1, -0.05) is 17.7 Å². The molecule has 0 saturated heterocycles. The van der Waals surface area contributed by atoms with E-state index in [1.54, 1.807) is 0 Å². The monoisotopic (exact) mass is 414 g/mol. The summed E-state index contributed by atoms with van der Waals surface area (Å²) in [5.41, 5.74) is 4.56. The lowest BCUT2D eigenvalue weighted by Crippen LogP contribution is -2.31. The van der Waals surface area contributed by atoms with Crippen LogP contribution in [-0.2, 0) is 19.5 Å². The Hall–Kier alpha value is -1.82. The lowest BCUT2D eigenvalue weighted by atomic mass is 10.1. The number of rotatable bonds is 3. The Morgan fingerprint density at radius 2 is 1.88 bits per heavy atom. The zero-order chi connectivity index (χ0) is 17.2. The summed E-state index contributed by atoms with van der Waals surface area (Å²) in [6, 6.07) is 11.7. The molecular formula is C19H16BrClN4. The second kappa shape index (κ2) is 7.20. The quantitative estimate of drug-likeness (QED) is 0.590. The molecule has 0 unspecified atom stereocenters. The van der Waals surface area contributed by atoms with Crippen LogP contribution in [0, 0.1) is 0 Å². The summed E-state index contributed by atoms with van der Waals surface area (Å²) in [7, 11) is 0. The molecule has 1 aliphatic rings. The fourth-order valence-electron chi connectivity index (χ4n) is 3.01. The molecule has 6 heteroatoms. The Bertz CT molecular complexity index is 881. The van der Waals surface area contributed by atoms with Gasteiger partial charge in [0.1, 0.15) is 4.60 Å². The molecule has 0 bridgehead atoms. The lowest BCUT2D eigenvalue weighted by molar-refractivity contribution is 0.242. The molecule has 25 heavy (non-hydrogen) atoms. The summed E-state index contributed by atoms with van der Waals surface area (Å²) in [5.74, 6) is 0.765. The normalized spacial score (nSPS) is 14.3. The maximum absolute atomic E-state index is 5.95. The van der Waals surface area contributed by atoms with Gasteiger partial charge < -0.3 is 0 Å². The van der Waals surface area contributed by atoms with Crippen LogP contribution >= 0.6 is 27.5 Å². The van der Waals surface area contributed by atoms with Gasteiger partial charge in [0.2, 0.25) is 0 Å². The minimum absolute atomic E-state index is 0.722. The van der Waals surface area contributed by atoms with Crippen LogP contribution in [0.5, 0.6) is 0 Å². The second-order valence-corrected chi connectivity index (χ2v) is 7.37. The fourth-order valence-corrected chi connectivity index (χ4v) is 3.37. The third-order valence-corrected chi connectivity index (χ3v) is 5.03. The second-order valence-electron chi connectivity index (χ2n) is 6.12. The lowest BCUT2D eigenvalue weighted by Gasteiger charge is -2.28. The Kier molecular flexibility index (Phi) is 4.79. The number of hydrogen-bond acceptors (Lipinski definition) is 4. The first-order chi connectivity index (χ1) is 12.2. The third kappa shape index (κ3) is 3.89. The first kappa shape index (κ1) is 16.6. The van der Waals surface area contributed by atoms with E-state index in [1.165, 1.54) is 11.1 Å². The smallest absolute Gasteiger partial charge is 0.159 e. The molecule has 0 N–H and O–H groups in total. The van der Waals surface area contributed by atoms with Gasteiger partial charge in [-0.3, -0.25) is 4.90 Å². The molecule has 0 atom stereocenters. The van der Waals surface area contributed by atoms with E-state index in [0.717, 1.165) is 52.8 Å². The highest BCUT2D eigenvalue weighted by atomic mass is 79.9. The molecule has 4 nitrogen and oxygen atoms in total. The maximum Gasteiger partial charge on any atom is 0.159 e. The standard InChI is InChI=1S/C19H16BrClN4/c20-18-6-1-13(9-22-18)11-25-8-7-17-15(12-25)10-23-19(24-17)14-2-4-16(21)5-3-14/h1-6,9-10H,7-8,11-12H2. The van der Waals surface area contributed by atoms with Crippen molar-refractivity contribution >= 4 is 27.5 Å². The van der Waals surface area contributed by atoms with Crippen molar-refractivity contribution in [3.05, 3.63) is 75.2 Å². The highest BCUT2D eigenvalue weighted by molar-refractivity contribution is 9.10. The summed E-state index contributed by atoms with van der Waals surface area (Å²) >= 11 is 9.33. The molecule has 1 aromatic carbocycles. The van der Waals surface area contributed by atoms with Gasteiger partial charge in [-0.25, -0.2) is 15.0 Å². The van der Waals surface area contributed by atoms with Crippen LogP contribution in [0.1, 0.15) is 16.8 Å². The number of aromatic nitrogens is 3. The van der Waals surface area contributed by atoms with Crippen molar-refractivity contribution < 1.29 is 0 Å². The fraction of sp³-hybridized carbons (Fsp3) is 0.211. The topological polar surface area (TPSA) is 41.9 Å². The molecule has 0 saturated carbocycles. The van der Waals surface area contributed by atoms with E-state index in [0.29, 0.717) is 0 Å². The molecular weight excluding hydrogens is 400 g/mol. The number of benzene rings is 1. The number of fused-ring (bicyclic) bond motifs is 1. The van der Waals surface area contributed by atoms with Gasteiger partial charge in [0.25, 0.3) is 0 Å². The first-order valence-corrected chi connectivity index (χ1v) is 9.28. The van der Waals surface area contributed by atoms with Crippen molar-refractivity contribution in [2.45, 2.75) is 19.5 Å². The average molecular weight is 416 g/mol. The van der Waals surface area contributed by atoms with Crippen LogP contribution in [0.15, 0.2) is 53.4 Å². The molecule has 0 amide bonds. The Labute approximate surface area is 160 Å². The van der Waals surface area contributed by atoms with Crippen molar-refractivity contribution in [2.75, 3.05) is 6.54 Å². The summed E-state index contributed by atoms with van der Waals surface area (Å²) in [6.07, 6.45) is 4.81. The predicted octanol–water partition coefficient (Wildman–Crippen LogP) is 4.51. The Morgan fingerprint density at radius 3 is 2.64 bits per heavy atom. The minimum atomic E-state index is 0.722. The van der Waals surface area contributed by atoms with E-state index in [9.17, 15) is 0 Å². The van der Waals surface area contributed by atoms with Gasteiger partial charge >= 0.3 is 0 Å². The Balaban J connectivity index is 1.50. The molecule has 1 aliphatic heterocycles. The van der Waals surface area contributed by atoms with E-state index < -0.39 is 0 Å². The molecule has 0 aliphatic carbocycles. The molecule has 3 aromatic rings. The molecule has 0 spiro atoms. The Morgan fingerprint density at radius 1 is 1.04 bits per heavy atom. The van der Waals surface area contributed by atoms with Crippen LogP contribution in [0.3, 0.4) is 0 Å². The number of halogens is 2. The van der Waals surface area contributed by atoms with E-state index in [-0.39, 0.29) is 0 Å². The summed E-state index contributed by atoms with van der Waals surface area (Å²) in [5, 5.41) is 0.722. The predicted molar refractivity (Wildman–Crippen MR) is 102 cm³/mol. The largest absolute Gasteiger partial charge is 0.294 e. The van der Waals surface area contributed by atoms with Crippen molar-refractivity contribution in [2.24, 2.45) is 0 Å². The van der Waals surface area contributed by atoms with Crippen LogP contribution in [0.4, 0.5) is 0 Å². The highest BCUT2D eigenvalue weighted by Crippen LogP contribution is 2.23. The van der Waals surface area contributed by atoms with E-state index in [1.807, 2.05) is 42.7 Å². The van der Waals surface area contributed by atoms with Crippen LogP contribution in [0.25, 0.3) is 11.4 Å². The number of pyridine rings is 1. The molecule has 4 rings (SSSR count). The molecule has 3 heterocycles. The third-order valence-electron chi connectivity index (χ3n) is 4.31. The van der Waals surface area contributed by atoms with Crippen LogP contribution in [0.2, 0.25) is 5.02 Å². The summed E-state index contributed by atoms with van der Waals surface area (Å²) < 4.78 is 0.864. The van der Waals surface area contributed by atoms with E-state index in [4.69, 9.17) is 16.6 Å². The summed E-state index contributed by atoms with van der Waals surface area (Å²) in [6.45, 7) is 2.74. The van der Waals surface area contributed by atoms with Gasteiger partial charge in [-0.05, 0) is 51.8 Å². The average Bonchev–Trinajstić information content (AvgIpc) is 2.64. The van der Waals surface area contributed by atoms with Crippen LogP contribution in [-0.4, -0.2) is 26.4 Å². The van der Waals surface area contributed by atoms with Crippen molar-refractivity contribution in [1.29, 1.82) is 0 Å². The van der Waals surface area contributed by atoms with Gasteiger partial charge in [-0.2, -0.15) is 0 Å². The minimum Gasteiger partial charge on any atom is -0.294 e. The van der Waals surface area contributed by atoms with Crippen molar-refractivity contribution in [3.63, 3.8) is 0 Å². The van der Waals surface area contributed by atoms with E-state index >= 15 is 0 Å². The molecule has 2 aromatic heterocycles. The SMILES string of the molecule is Clc1ccc(-c2ncc3c(n2)CCN(Cc2ccc(Br)nc2)C3)cc1. The number of nitrogens with zero attached hydrogens (tertiary/aromatic N) is 4. The zero-order valence-electron chi connectivity index (χ0n) is 13.5. The van der Waals surface area contributed by atoms with Crippen LogP contribution < -0.4 is 0 Å².